The van der Waals surface area contributed by atoms with Crippen LogP contribution in [0.15, 0.2) is 30.3 Å². The van der Waals surface area contributed by atoms with E-state index in [1.807, 2.05) is 25.1 Å². The van der Waals surface area contributed by atoms with Crippen LogP contribution in [0.1, 0.15) is 54.7 Å². The van der Waals surface area contributed by atoms with E-state index >= 15 is 0 Å². The first-order valence-electron chi connectivity index (χ1n) is 8.80. The van der Waals surface area contributed by atoms with Crippen LogP contribution in [-0.4, -0.2) is 21.9 Å². The van der Waals surface area contributed by atoms with Crippen molar-refractivity contribution in [2.24, 2.45) is 0 Å². The summed E-state index contributed by atoms with van der Waals surface area (Å²) in [7, 11) is 0. The number of hydrogen-bond donors (Lipinski definition) is 2. The third kappa shape index (κ3) is 4.92. The molecule has 6 heteroatoms. The summed E-state index contributed by atoms with van der Waals surface area (Å²) in [5.74, 6) is 0.235. The molecule has 5 nitrogen and oxygen atoms in total. The molecule has 1 heterocycles. The van der Waals surface area contributed by atoms with Crippen molar-refractivity contribution in [2.75, 3.05) is 5.32 Å². The van der Waals surface area contributed by atoms with Gasteiger partial charge < -0.3 is 10.6 Å². The lowest BCUT2D eigenvalue weighted by atomic mass is 10.1. The van der Waals surface area contributed by atoms with Crippen molar-refractivity contribution in [1.29, 1.82) is 0 Å². The Morgan fingerprint density at radius 3 is 2.56 bits per heavy atom. The molecule has 132 valence electrons. The van der Waals surface area contributed by atoms with Crippen molar-refractivity contribution in [3.05, 3.63) is 46.7 Å². The molecule has 2 aromatic rings. The summed E-state index contributed by atoms with van der Waals surface area (Å²) in [6.45, 7) is 1.85. The second-order valence-electron chi connectivity index (χ2n) is 6.48. The molecule has 0 atom stereocenters. The molecular weight excluding hydrogens is 336 g/mol. The number of benzene rings is 1. The number of carbonyl (C=O) groups excluding carboxylic acids is 1. The Kier molecular flexibility index (Phi) is 5.87. The lowest BCUT2D eigenvalue weighted by Crippen LogP contribution is -2.35. The molecule has 1 aromatic heterocycles. The highest BCUT2D eigenvalue weighted by molar-refractivity contribution is 6.33. The molecule has 1 aromatic carbocycles. The van der Waals surface area contributed by atoms with Gasteiger partial charge in [-0.15, -0.1) is 0 Å². The van der Waals surface area contributed by atoms with E-state index in [0.717, 1.165) is 18.5 Å². The number of hydrogen-bond acceptors (Lipinski definition) is 4. The Labute approximate surface area is 153 Å². The monoisotopic (exact) mass is 358 g/mol. The molecule has 1 aliphatic carbocycles. The third-order valence-corrected chi connectivity index (χ3v) is 4.73. The molecule has 1 fully saturated rings. The zero-order valence-corrected chi connectivity index (χ0v) is 15.1. The molecule has 0 aliphatic heterocycles. The van der Waals surface area contributed by atoms with E-state index in [2.05, 4.69) is 20.6 Å². The van der Waals surface area contributed by atoms with Gasteiger partial charge in [-0.05, 0) is 38.0 Å². The Morgan fingerprint density at radius 1 is 1.12 bits per heavy atom. The summed E-state index contributed by atoms with van der Waals surface area (Å²) in [5.41, 5.74) is 1.83. The largest absolute Gasteiger partial charge is 0.348 e. The first kappa shape index (κ1) is 17.7. The van der Waals surface area contributed by atoms with Crippen molar-refractivity contribution in [3.8, 4) is 0 Å². The van der Waals surface area contributed by atoms with Crippen molar-refractivity contribution in [1.82, 2.24) is 15.3 Å². The van der Waals surface area contributed by atoms with Gasteiger partial charge in [-0.3, -0.25) is 4.79 Å². The molecule has 0 radical (unpaired) electrons. The van der Waals surface area contributed by atoms with Gasteiger partial charge in [0.05, 0.1) is 10.7 Å². The number of halogens is 1. The summed E-state index contributed by atoms with van der Waals surface area (Å²) < 4.78 is 0. The number of nitrogens with zero attached hydrogens (tertiary/aromatic N) is 2. The molecule has 0 unspecified atom stereocenters. The van der Waals surface area contributed by atoms with Gasteiger partial charge in [0.2, 0.25) is 5.95 Å². The smallest absolute Gasteiger partial charge is 0.270 e. The van der Waals surface area contributed by atoms with Gasteiger partial charge in [0.25, 0.3) is 5.91 Å². The van der Waals surface area contributed by atoms with Crippen LogP contribution in [0.25, 0.3) is 0 Å². The molecule has 0 bridgehead atoms. The van der Waals surface area contributed by atoms with Crippen LogP contribution in [-0.2, 0) is 0 Å². The molecule has 25 heavy (non-hydrogen) atoms. The fourth-order valence-corrected chi connectivity index (χ4v) is 3.29. The Bertz CT molecular complexity index is 742. The van der Waals surface area contributed by atoms with Crippen LogP contribution in [0.5, 0.6) is 0 Å². The summed E-state index contributed by atoms with van der Waals surface area (Å²) in [6.07, 6.45) is 6.94. The fourth-order valence-electron chi connectivity index (χ4n) is 3.11. The Morgan fingerprint density at radius 2 is 1.84 bits per heavy atom. The van der Waals surface area contributed by atoms with Crippen LogP contribution in [0.3, 0.4) is 0 Å². The normalized spacial score (nSPS) is 15.4. The van der Waals surface area contributed by atoms with Crippen LogP contribution < -0.4 is 10.6 Å². The number of aryl methyl sites for hydroxylation is 1. The number of anilines is 2. The number of para-hydroxylation sites is 1. The van der Waals surface area contributed by atoms with E-state index in [-0.39, 0.29) is 11.9 Å². The van der Waals surface area contributed by atoms with E-state index in [1.54, 1.807) is 12.1 Å². The molecule has 3 rings (SSSR count). The van der Waals surface area contributed by atoms with E-state index in [4.69, 9.17) is 11.6 Å². The summed E-state index contributed by atoms with van der Waals surface area (Å²) in [6, 6.07) is 9.33. The maximum absolute atomic E-state index is 12.6. The number of aromatic nitrogens is 2. The second-order valence-corrected chi connectivity index (χ2v) is 6.89. The summed E-state index contributed by atoms with van der Waals surface area (Å²) >= 11 is 6.16. The standard InChI is InChI=1S/C19H23ClN4O/c1-13-12-17(18(25)22-14-8-4-2-3-5-9-14)24-19(21-13)23-16-11-7-6-10-15(16)20/h6-7,10-12,14H,2-5,8-9H2,1H3,(H,22,25)(H,21,23,24). The number of nitrogens with one attached hydrogen (secondary N) is 2. The lowest BCUT2D eigenvalue weighted by Gasteiger charge is -2.16. The molecule has 0 saturated heterocycles. The SMILES string of the molecule is Cc1cc(C(=O)NC2CCCCCC2)nc(Nc2ccccc2Cl)n1. The van der Waals surface area contributed by atoms with Crippen LogP contribution in [0.4, 0.5) is 11.6 Å². The average Bonchev–Trinajstić information content (AvgIpc) is 2.85. The molecular formula is C19H23ClN4O. The number of amides is 1. The minimum atomic E-state index is -0.139. The highest BCUT2D eigenvalue weighted by Crippen LogP contribution is 2.23. The van der Waals surface area contributed by atoms with Crippen molar-refractivity contribution >= 4 is 29.1 Å². The second kappa shape index (κ2) is 8.30. The summed E-state index contributed by atoms with van der Waals surface area (Å²) in [4.78, 5) is 21.3. The first-order chi connectivity index (χ1) is 12.1. The van der Waals surface area contributed by atoms with E-state index < -0.39 is 0 Å². The van der Waals surface area contributed by atoms with Gasteiger partial charge in [-0.1, -0.05) is 49.4 Å². The molecule has 1 saturated carbocycles. The van der Waals surface area contributed by atoms with Gasteiger partial charge in [-0.2, -0.15) is 0 Å². The van der Waals surface area contributed by atoms with Crippen molar-refractivity contribution in [2.45, 2.75) is 51.5 Å². The van der Waals surface area contributed by atoms with E-state index in [0.29, 0.717) is 22.4 Å². The summed E-state index contributed by atoms with van der Waals surface area (Å²) in [5, 5.41) is 6.79. The Balaban J connectivity index is 1.74. The van der Waals surface area contributed by atoms with Gasteiger partial charge in [0, 0.05) is 11.7 Å². The average molecular weight is 359 g/mol. The van der Waals surface area contributed by atoms with Gasteiger partial charge in [0.15, 0.2) is 0 Å². The predicted molar refractivity (Wildman–Crippen MR) is 100 cm³/mol. The maximum atomic E-state index is 12.6. The Hall–Kier alpha value is -2.14. The zero-order valence-electron chi connectivity index (χ0n) is 14.4. The maximum Gasteiger partial charge on any atom is 0.270 e. The third-order valence-electron chi connectivity index (χ3n) is 4.40. The molecule has 2 N–H and O–H groups in total. The van der Waals surface area contributed by atoms with Gasteiger partial charge >= 0.3 is 0 Å². The predicted octanol–water partition coefficient (Wildman–Crippen LogP) is 4.63. The van der Waals surface area contributed by atoms with E-state index in [1.165, 1.54) is 25.7 Å². The van der Waals surface area contributed by atoms with Crippen molar-refractivity contribution < 1.29 is 4.79 Å². The minimum absolute atomic E-state index is 0.139. The minimum Gasteiger partial charge on any atom is -0.348 e. The van der Waals surface area contributed by atoms with Gasteiger partial charge in [0.1, 0.15) is 5.69 Å². The lowest BCUT2D eigenvalue weighted by molar-refractivity contribution is 0.0928. The number of carbonyl (C=O) groups is 1. The van der Waals surface area contributed by atoms with E-state index in [9.17, 15) is 4.79 Å². The fraction of sp³-hybridized carbons (Fsp3) is 0.421. The topological polar surface area (TPSA) is 66.9 Å². The number of rotatable bonds is 4. The van der Waals surface area contributed by atoms with Gasteiger partial charge in [-0.25, -0.2) is 9.97 Å². The van der Waals surface area contributed by atoms with Crippen LogP contribution in [0, 0.1) is 6.92 Å². The van der Waals surface area contributed by atoms with Crippen LogP contribution >= 0.6 is 11.6 Å². The quantitative estimate of drug-likeness (QED) is 0.781. The first-order valence-corrected chi connectivity index (χ1v) is 9.18. The molecule has 0 spiro atoms. The molecule has 1 aliphatic rings. The zero-order chi connectivity index (χ0) is 17.6. The van der Waals surface area contributed by atoms with Crippen LogP contribution in [0.2, 0.25) is 5.02 Å². The highest BCUT2D eigenvalue weighted by atomic mass is 35.5. The highest BCUT2D eigenvalue weighted by Gasteiger charge is 2.17. The molecule has 1 amide bonds. The van der Waals surface area contributed by atoms with Crippen molar-refractivity contribution in [3.63, 3.8) is 0 Å².